The molecule has 0 bridgehead atoms. The van der Waals surface area contributed by atoms with Gasteiger partial charge >= 0.3 is 0 Å². The summed E-state index contributed by atoms with van der Waals surface area (Å²) in [6.45, 7) is 0. The van der Waals surface area contributed by atoms with Crippen molar-refractivity contribution in [2.75, 3.05) is 22.5 Å². The summed E-state index contributed by atoms with van der Waals surface area (Å²) >= 11 is 1.46. The molecule has 0 aliphatic carbocycles. The van der Waals surface area contributed by atoms with Gasteiger partial charge in [0.15, 0.2) is 0 Å². The minimum atomic E-state index is -3.88. The average Bonchev–Trinajstić information content (AvgIpc) is 3.15. The lowest BCUT2D eigenvalue weighted by Gasteiger charge is -2.25. The van der Waals surface area contributed by atoms with E-state index in [-0.39, 0.29) is 16.2 Å². The molecule has 0 spiro atoms. The number of thioether (sulfide) groups is 1. The Balaban J connectivity index is 1.62. The van der Waals surface area contributed by atoms with Crippen LogP contribution in [0.1, 0.15) is 10.9 Å². The molecule has 1 saturated heterocycles. The van der Waals surface area contributed by atoms with Crippen LogP contribution in [0.4, 0.5) is 15.8 Å². The van der Waals surface area contributed by atoms with E-state index in [0.717, 1.165) is 17.7 Å². The van der Waals surface area contributed by atoms with Crippen molar-refractivity contribution in [1.82, 2.24) is 0 Å². The topological polar surface area (TPSA) is 75.7 Å². The van der Waals surface area contributed by atoms with Crippen LogP contribution in [-0.4, -0.2) is 27.2 Å². The first-order valence-electron chi connectivity index (χ1n) is 9.33. The van der Waals surface area contributed by atoms with E-state index < -0.39 is 15.8 Å². The lowest BCUT2D eigenvalue weighted by molar-refractivity contribution is -0.115. The third-order valence-electron chi connectivity index (χ3n) is 4.75. The molecule has 1 amide bonds. The molecule has 4 rings (SSSR count). The zero-order chi connectivity index (χ0) is 22.0. The second kappa shape index (κ2) is 8.60. The van der Waals surface area contributed by atoms with Gasteiger partial charge in [-0.15, -0.1) is 11.8 Å². The van der Waals surface area contributed by atoms with Crippen LogP contribution in [0, 0.1) is 5.82 Å². The summed E-state index contributed by atoms with van der Waals surface area (Å²) in [6.07, 6.45) is 0. The lowest BCUT2D eigenvalue weighted by atomic mass is 10.1. The van der Waals surface area contributed by atoms with E-state index in [1.54, 1.807) is 42.3 Å². The number of nitrogens with zero attached hydrogens (tertiary/aromatic N) is 1. The number of ether oxygens (including phenoxy) is 1. The van der Waals surface area contributed by atoms with E-state index in [0.29, 0.717) is 22.9 Å². The molecule has 1 heterocycles. The minimum Gasteiger partial charge on any atom is -0.497 e. The smallest absolute Gasteiger partial charge is 0.261 e. The highest BCUT2D eigenvalue weighted by atomic mass is 32.2. The first-order chi connectivity index (χ1) is 14.9. The number of anilines is 2. The second-order valence-electron chi connectivity index (χ2n) is 6.81. The van der Waals surface area contributed by atoms with Crippen molar-refractivity contribution < 1.29 is 22.3 Å². The number of amides is 1. The van der Waals surface area contributed by atoms with E-state index in [2.05, 4.69) is 4.72 Å². The molecule has 31 heavy (non-hydrogen) atoms. The van der Waals surface area contributed by atoms with Crippen LogP contribution in [-0.2, 0) is 14.8 Å². The molecule has 160 valence electrons. The summed E-state index contributed by atoms with van der Waals surface area (Å²) in [5.41, 5.74) is 1.84. The number of methoxy groups -OCH3 is 1. The molecule has 3 aromatic rings. The van der Waals surface area contributed by atoms with Crippen LogP contribution >= 0.6 is 11.8 Å². The SMILES string of the molecule is COc1cccc(N2C(=O)CSC2c2cccc(NS(=O)(=O)c3ccc(F)cc3)c2)c1. The number of carbonyl (C=O) groups is 1. The Kier molecular flexibility index (Phi) is 5.88. The Bertz CT molecular complexity index is 1220. The number of halogens is 1. The van der Waals surface area contributed by atoms with E-state index in [9.17, 15) is 17.6 Å². The second-order valence-corrected chi connectivity index (χ2v) is 9.56. The molecule has 1 unspecified atom stereocenters. The number of sulfonamides is 1. The summed E-state index contributed by atoms with van der Waals surface area (Å²) < 4.78 is 46.2. The first kappa shape index (κ1) is 21.2. The largest absolute Gasteiger partial charge is 0.497 e. The third kappa shape index (κ3) is 4.52. The predicted octanol–water partition coefficient (Wildman–Crippen LogP) is 4.41. The van der Waals surface area contributed by atoms with Crippen LogP contribution in [0.3, 0.4) is 0 Å². The summed E-state index contributed by atoms with van der Waals surface area (Å²) in [4.78, 5) is 14.2. The van der Waals surface area contributed by atoms with Crippen LogP contribution in [0.5, 0.6) is 5.75 Å². The fourth-order valence-electron chi connectivity index (χ4n) is 3.29. The van der Waals surface area contributed by atoms with Crippen molar-refractivity contribution in [3.8, 4) is 5.75 Å². The Morgan fingerprint density at radius 2 is 1.81 bits per heavy atom. The number of hydrogen-bond donors (Lipinski definition) is 1. The van der Waals surface area contributed by atoms with Gasteiger partial charge in [0.1, 0.15) is 16.9 Å². The van der Waals surface area contributed by atoms with Gasteiger partial charge in [0.2, 0.25) is 5.91 Å². The van der Waals surface area contributed by atoms with Gasteiger partial charge in [-0.25, -0.2) is 12.8 Å². The fraction of sp³-hybridized carbons (Fsp3) is 0.136. The molecule has 1 atom stereocenters. The highest BCUT2D eigenvalue weighted by Crippen LogP contribution is 2.43. The molecule has 0 aromatic heterocycles. The molecule has 6 nitrogen and oxygen atoms in total. The molecule has 1 fully saturated rings. The molecular weight excluding hydrogens is 439 g/mol. The van der Waals surface area contributed by atoms with E-state index in [1.165, 1.54) is 23.9 Å². The minimum absolute atomic E-state index is 0.0391. The van der Waals surface area contributed by atoms with Crippen molar-refractivity contribution >= 4 is 39.1 Å². The van der Waals surface area contributed by atoms with Crippen LogP contribution < -0.4 is 14.4 Å². The highest BCUT2D eigenvalue weighted by molar-refractivity contribution is 8.00. The Labute approximate surface area is 184 Å². The zero-order valence-corrected chi connectivity index (χ0v) is 18.1. The van der Waals surface area contributed by atoms with Crippen molar-refractivity contribution in [2.45, 2.75) is 10.3 Å². The first-order valence-corrected chi connectivity index (χ1v) is 11.9. The maximum Gasteiger partial charge on any atom is 0.261 e. The molecule has 0 saturated carbocycles. The molecule has 1 aliphatic heterocycles. The fourth-order valence-corrected chi connectivity index (χ4v) is 5.51. The normalized spacial score (nSPS) is 16.4. The Morgan fingerprint density at radius 1 is 1.06 bits per heavy atom. The lowest BCUT2D eigenvalue weighted by Crippen LogP contribution is -2.27. The number of benzene rings is 3. The Morgan fingerprint density at radius 3 is 2.55 bits per heavy atom. The summed E-state index contributed by atoms with van der Waals surface area (Å²) in [5.74, 6) is 0.400. The monoisotopic (exact) mass is 458 g/mol. The summed E-state index contributed by atoms with van der Waals surface area (Å²) in [5, 5.41) is -0.310. The number of carbonyl (C=O) groups excluding carboxylic acids is 1. The standard InChI is InChI=1S/C22H19FN2O4S2/c1-29-19-7-3-6-18(13-19)25-21(26)14-30-22(25)15-4-2-5-17(12-15)24-31(27,28)20-10-8-16(23)9-11-20/h2-13,22,24H,14H2,1H3. The van der Waals surface area contributed by atoms with Gasteiger partial charge < -0.3 is 4.74 Å². The van der Waals surface area contributed by atoms with E-state index >= 15 is 0 Å². The molecule has 3 aromatic carbocycles. The molecule has 9 heteroatoms. The highest BCUT2D eigenvalue weighted by Gasteiger charge is 2.34. The van der Waals surface area contributed by atoms with Gasteiger partial charge in [0.25, 0.3) is 10.0 Å². The number of rotatable bonds is 6. The van der Waals surface area contributed by atoms with E-state index in [4.69, 9.17) is 4.74 Å². The van der Waals surface area contributed by atoms with Crippen molar-refractivity contribution in [3.05, 3.63) is 84.2 Å². The van der Waals surface area contributed by atoms with Crippen molar-refractivity contribution in [3.63, 3.8) is 0 Å². The number of nitrogens with one attached hydrogen (secondary N) is 1. The van der Waals surface area contributed by atoms with E-state index in [1.807, 2.05) is 18.2 Å². The zero-order valence-electron chi connectivity index (χ0n) is 16.5. The maximum absolute atomic E-state index is 13.1. The van der Waals surface area contributed by atoms with Gasteiger partial charge in [-0.1, -0.05) is 18.2 Å². The Hall–Kier alpha value is -3.04. The molecule has 1 aliphatic rings. The quantitative estimate of drug-likeness (QED) is 0.592. The van der Waals surface area contributed by atoms with Gasteiger partial charge in [-0.05, 0) is 54.1 Å². The van der Waals surface area contributed by atoms with Crippen LogP contribution in [0.2, 0.25) is 0 Å². The number of hydrogen-bond acceptors (Lipinski definition) is 5. The van der Waals surface area contributed by atoms with Gasteiger partial charge in [-0.3, -0.25) is 14.4 Å². The summed E-state index contributed by atoms with van der Waals surface area (Å²) in [6, 6.07) is 18.7. The van der Waals surface area contributed by atoms with Crippen LogP contribution in [0.25, 0.3) is 0 Å². The average molecular weight is 459 g/mol. The van der Waals surface area contributed by atoms with Crippen molar-refractivity contribution in [2.24, 2.45) is 0 Å². The molecule has 1 N–H and O–H groups in total. The van der Waals surface area contributed by atoms with Gasteiger partial charge in [0.05, 0.1) is 17.8 Å². The third-order valence-corrected chi connectivity index (χ3v) is 7.36. The maximum atomic E-state index is 13.1. The van der Waals surface area contributed by atoms with Gasteiger partial charge in [-0.2, -0.15) is 0 Å². The predicted molar refractivity (Wildman–Crippen MR) is 119 cm³/mol. The van der Waals surface area contributed by atoms with Crippen LogP contribution in [0.15, 0.2) is 77.7 Å². The molecular formula is C22H19FN2O4S2. The summed E-state index contributed by atoms with van der Waals surface area (Å²) in [7, 11) is -2.31. The van der Waals surface area contributed by atoms with Crippen molar-refractivity contribution in [1.29, 1.82) is 0 Å². The van der Waals surface area contributed by atoms with Gasteiger partial charge in [0, 0.05) is 17.4 Å². The molecule has 0 radical (unpaired) electrons.